The van der Waals surface area contributed by atoms with Crippen LogP contribution in [0.2, 0.25) is 10.0 Å². The van der Waals surface area contributed by atoms with Crippen molar-refractivity contribution in [3.63, 3.8) is 0 Å². The topological polar surface area (TPSA) is 102 Å². The highest BCUT2D eigenvalue weighted by atomic mass is 35.5. The highest BCUT2D eigenvalue weighted by molar-refractivity contribution is 6.44. The maximum Gasteiger partial charge on any atom is 0.338 e. The van der Waals surface area contributed by atoms with Crippen LogP contribution in [0.3, 0.4) is 0 Å². The number of ether oxygens (including phenoxy) is 2. The van der Waals surface area contributed by atoms with Crippen LogP contribution in [-0.2, 0) is 23.9 Å². The molecule has 8 nitrogen and oxygen atoms in total. The van der Waals surface area contributed by atoms with Gasteiger partial charge in [-0.3, -0.25) is 14.4 Å². The molecular weight excluding hydrogens is 471 g/mol. The predicted molar refractivity (Wildman–Crippen MR) is 124 cm³/mol. The van der Waals surface area contributed by atoms with Crippen LogP contribution in [0.1, 0.15) is 30.1 Å². The van der Waals surface area contributed by atoms with Gasteiger partial charge in [0.1, 0.15) is 0 Å². The molecule has 1 aliphatic rings. The van der Waals surface area contributed by atoms with Gasteiger partial charge >= 0.3 is 11.9 Å². The summed E-state index contributed by atoms with van der Waals surface area (Å²) < 4.78 is 10.1. The summed E-state index contributed by atoms with van der Waals surface area (Å²) in [7, 11) is 0. The SMILES string of the molecule is CCCOC(=O)c1ccc(NC(=O)COC(=O)[C@H]2CC(=O)N(c3cccc(Cl)c3Cl)C2)cc1. The van der Waals surface area contributed by atoms with Crippen LogP contribution in [0.15, 0.2) is 42.5 Å². The quantitative estimate of drug-likeness (QED) is 0.556. The lowest BCUT2D eigenvalue weighted by molar-refractivity contribution is -0.151. The minimum atomic E-state index is -0.728. The predicted octanol–water partition coefficient (Wildman–Crippen LogP) is 4.10. The maximum atomic E-state index is 12.4. The number of nitrogens with one attached hydrogen (secondary N) is 1. The Morgan fingerprint density at radius 1 is 1.09 bits per heavy atom. The lowest BCUT2D eigenvalue weighted by atomic mass is 10.1. The zero-order valence-corrected chi connectivity index (χ0v) is 19.3. The van der Waals surface area contributed by atoms with Gasteiger partial charge in [0.2, 0.25) is 5.91 Å². The molecule has 0 spiro atoms. The first kappa shape index (κ1) is 24.5. The van der Waals surface area contributed by atoms with Crippen molar-refractivity contribution in [2.45, 2.75) is 19.8 Å². The molecule has 2 aromatic carbocycles. The third-order valence-electron chi connectivity index (χ3n) is 4.87. The van der Waals surface area contributed by atoms with Gasteiger partial charge in [0.15, 0.2) is 6.61 Å². The highest BCUT2D eigenvalue weighted by Crippen LogP contribution is 2.35. The Hall–Kier alpha value is -3.10. The Morgan fingerprint density at radius 3 is 2.52 bits per heavy atom. The van der Waals surface area contributed by atoms with Crippen LogP contribution in [0, 0.1) is 5.92 Å². The van der Waals surface area contributed by atoms with Gasteiger partial charge in [-0.15, -0.1) is 0 Å². The Bertz CT molecular complexity index is 1060. The zero-order chi connectivity index (χ0) is 24.0. The van der Waals surface area contributed by atoms with E-state index < -0.39 is 30.4 Å². The largest absolute Gasteiger partial charge is 0.462 e. The fourth-order valence-electron chi connectivity index (χ4n) is 3.22. The smallest absolute Gasteiger partial charge is 0.338 e. The molecule has 33 heavy (non-hydrogen) atoms. The molecule has 1 saturated heterocycles. The number of carbonyl (C=O) groups is 4. The second kappa shape index (κ2) is 11.2. The average Bonchev–Trinajstić information content (AvgIpc) is 3.19. The van der Waals surface area contributed by atoms with E-state index in [2.05, 4.69) is 5.32 Å². The number of carbonyl (C=O) groups excluding carboxylic acids is 4. The molecule has 0 aliphatic carbocycles. The van der Waals surface area contributed by atoms with Gasteiger partial charge in [-0.1, -0.05) is 36.2 Å². The van der Waals surface area contributed by atoms with E-state index in [1.54, 1.807) is 30.3 Å². The molecule has 0 radical (unpaired) electrons. The molecule has 3 rings (SSSR count). The van der Waals surface area contributed by atoms with Gasteiger partial charge in [0.05, 0.1) is 33.8 Å². The normalized spacial score (nSPS) is 15.3. The van der Waals surface area contributed by atoms with E-state index in [0.717, 1.165) is 6.42 Å². The van der Waals surface area contributed by atoms with Gasteiger partial charge in [-0.05, 0) is 42.8 Å². The fourth-order valence-corrected chi connectivity index (χ4v) is 3.62. The molecule has 0 unspecified atom stereocenters. The summed E-state index contributed by atoms with van der Waals surface area (Å²) in [5.41, 5.74) is 1.22. The summed E-state index contributed by atoms with van der Waals surface area (Å²) in [4.78, 5) is 50.1. The molecule has 1 atom stereocenters. The summed E-state index contributed by atoms with van der Waals surface area (Å²) in [5, 5.41) is 3.11. The molecule has 0 bridgehead atoms. The summed E-state index contributed by atoms with van der Waals surface area (Å²) >= 11 is 12.2. The van der Waals surface area contributed by atoms with Gasteiger partial charge < -0.3 is 19.7 Å². The minimum Gasteiger partial charge on any atom is -0.462 e. The number of hydrogen-bond acceptors (Lipinski definition) is 6. The number of halogens is 2. The van der Waals surface area contributed by atoms with E-state index >= 15 is 0 Å². The van der Waals surface area contributed by atoms with Crippen molar-refractivity contribution in [2.75, 3.05) is 30.0 Å². The molecule has 1 aliphatic heterocycles. The summed E-state index contributed by atoms with van der Waals surface area (Å²) in [6.45, 7) is 1.80. The van der Waals surface area contributed by atoms with Crippen molar-refractivity contribution in [1.82, 2.24) is 0 Å². The molecule has 2 amide bonds. The molecular formula is C23H22Cl2N2O6. The van der Waals surface area contributed by atoms with Crippen LogP contribution in [-0.4, -0.2) is 43.5 Å². The molecule has 0 aromatic heterocycles. The van der Waals surface area contributed by atoms with Crippen molar-refractivity contribution in [3.8, 4) is 0 Å². The zero-order valence-electron chi connectivity index (χ0n) is 17.8. The minimum absolute atomic E-state index is 0.0567. The van der Waals surface area contributed by atoms with Crippen molar-refractivity contribution >= 4 is 58.3 Å². The molecule has 2 aromatic rings. The van der Waals surface area contributed by atoms with E-state index in [0.29, 0.717) is 28.6 Å². The van der Waals surface area contributed by atoms with Gasteiger partial charge in [-0.25, -0.2) is 4.79 Å². The monoisotopic (exact) mass is 492 g/mol. The Balaban J connectivity index is 1.49. The van der Waals surface area contributed by atoms with Crippen LogP contribution in [0.25, 0.3) is 0 Å². The summed E-state index contributed by atoms with van der Waals surface area (Å²) in [5.74, 6) is -2.67. The Kier molecular flexibility index (Phi) is 8.30. The lowest BCUT2D eigenvalue weighted by Crippen LogP contribution is -2.28. The van der Waals surface area contributed by atoms with Crippen LogP contribution < -0.4 is 10.2 Å². The summed E-state index contributed by atoms with van der Waals surface area (Å²) in [6.07, 6.45) is 0.666. The molecule has 1 fully saturated rings. The van der Waals surface area contributed by atoms with Crippen LogP contribution >= 0.6 is 23.2 Å². The molecule has 1 N–H and O–H groups in total. The van der Waals surface area contributed by atoms with Crippen molar-refractivity contribution < 1.29 is 28.7 Å². The second-order valence-corrected chi connectivity index (χ2v) is 8.13. The van der Waals surface area contributed by atoms with E-state index in [4.69, 9.17) is 32.7 Å². The van der Waals surface area contributed by atoms with Crippen molar-refractivity contribution in [2.24, 2.45) is 5.92 Å². The first-order valence-electron chi connectivity index (χ1n) is 10.3. The van der Waals surface area contributed by atoms with Crippen molar-refractivity contribution in [1.29, 1.82) is 0 Å². The number of nitrogens with zero attached hydrogens (tertiary/aromatic N) is 1. The second-order valence-electron chi connectivity index (χ2n) is 7.35. The van der Waals surface area contributed by atoms with Crippen molar-refractivity contribution in [3.05, 3.63) is 58.1 Å². The number of benzene rings is 2. The van der Waals surface area contributed by atoms with Gasteiger partial charge in [-0.2, -0.15) is 0 Å². The summed E-state index contributed by atoms with van der Waals surface area (Å²) in [6, 6.07) is 11.0. The Labute approximate surface area is 200 Å². The first-order valence-corrected chi connectivity index (χ1v) is 11.0. The van der Waals surface area contributed by atoms with E-state index in [9.17, 15) is 19.2 Å². The maximum absolute atomic E-state index is 12.4. The molecule has 0 saturated carbocycles. The third-order valence-corrected chi connectivity index (χ3v) is 5.68. The van der Waals surface area contributed by atoms with Crippen LogP contribution in [0.5, 0.6) is 0 Å². The number of rotatable bonds is 8. The average molecular weight is 493 g/mol. The lowest BCUT2D eigenvalue weighted by Gasteiger charge is -2.18. The number of hydrogen-bond donors (Lipinski definition) is 1. The van der Waals surface area contributed by atoms with E-state index in [-0.39, 0.29) is 23.9 Å². The van der Waals surface area contributed by atoms with Crippen LogP contribution in [0.4, 0.5) is 11.4 Å². The third kappa shape index (κ3) is 6.24. The number of esters is 2. The standard InChI is InChI=1S/C23H22Cl2N2O6/c1-2-10-32-22(30)14-6-8-16(9-7-14)26-19(28)13-33-23(31)15-11-20(29)27(12-15)18-5-3-4-17(24)21(18)25/h3-9,15H,2,10-13H2,1H3,(H,26,28)/t15-/m0/s1. The first-order chi connectivity index (χ1) is 15.8. The van der Waals surface area contributed by atoms with Gasteiger partial charge in [0.25, 0.3) is 5.91 Å². The Morgan fingerprint density at radius 2 is 1.82 bits per heavy atom. The van der Waals surface area contributed by atoms with Gasteiger partial charge in [0, 0.05) is 18.7 Å². The fraction of sp³-hybridized carbons (Fsp3) is 0.304. The van der Waals surface area contributed by atoms with E-state index in [1.165, 1.54) is 17.0 Å². The number of amides is 2. The molecule has 1 heterocycles. The van der Waals surface area contributed by atoms with E-state index in [1.807, 2.05) is 6.92 Å². The highest BCUT2D eigenvalue weighted by Gasteiger charge is 2.37. The molecule has 174 valence electrons. The molecule has 10 heteroatoms. The number of anilines is 2.